The van der Waals surface area contributed by atoms with E-state index < -0.39 is 0 Å². The monoisotopic (exact) mass is 258 g/mol. The first-order valence-corrected chi connectivity index (χ1v) is 5.81. The number of carbonyl (C=O) groups is 1. The molecule has 0 radical (unpaired) electrons. The largest absolute Gasteiger partial charge is 0.469 e. The third-order valence-electron chi connectivity index (χ3n) is 2.51. The van der Waals surface area contributed by atoms with E-state index in [4.69, 9.17) is 5.73 Å². The summed E-state index contributed by atoms with van der Waals surface area (Å²) in [6.45, 7) is 0. The Morgan fingerprint density at radius 1 is 1.21 bits per heavy atom. The third kappa shape index (κ3) is 3.48. The molecule has 1 aromatic carbocycles. The van der Waals surface area contributed by atoms with Gasteiger partial charge in [-0.15, -0.1) is 0 Å². The lowest BCUT2D eigenvalue weighted by Crippen LogP contribution is -2.08. The van der Waals surface area contributed by atoms with Gasteiger partial charge in [-0.1, -0.05) is 30.3 Å². The molecule has 6 nitrogen and oxygen atoms in total. The molecule has 2 aromatic rings. The summed E-state index contributed by atoms with van der Waals surface area (Å²) in [5.74, 6) is 0.832. The van der Waals surface area contributed by atoms with Crippen LogP contribution >= 0.6 is 0 Å². The van der Waals surface area contributed by atoms with Crippen molar-refractivity contribution in [3.8, 4) is 11.4 Å². The number of aryl methyl sites for hydroxylation is 1. The molecule has 1 aromatic heterocycles. The van der Waals surface area contributed by atoms with Gasteiger partial charge >= 0.3 is 5.97 Å². The van der Waals surface area contributed by atoms with Crippen LogP contribution in [0.5, 0.6) is 0 Å². The van der Waals surface area contributed by atoms with Gasteiger partial charge in [-0.2, -0.15) is 9.97 Å². The van der Waals surface area contributed by atoms with Crippen molar-refractivity contribution in [1.29, 1.82) is 0 Å². The maximum absolute atomic E-state index is 11.1. The lowest BCUT2D eigenvalue weighted by molar-refractivity contribution is -0.140. The molecule has 0 spiro atoms. The average molecular weight is 258 g/mol. The van der Waals surface area contributed by atoms with Crippen molar-refractivity contribution in [1.82, 2.24) is 15.0 Å². The van der Waals surface area contributed by atoms with Gasteiger partial charge < -0.3 is 10.5 Å². The number of hydrogen-bond acceptors (Lipinski definition) is 6. The number of rotatable bonds is 4. The van der Waals surface area contributed by atoms with Crippen molar-refractivity contribution >= 4 is 11.9 Å². The van der Waals surface area contributed by atoms with Gasteiger partial charge in [0.15, 0.2) is 5.82 Å². The van der Waals surface area contributed by atoms with Crippen molar-refractivity contribution in [3.05, 3.63) is 36.2 Å². The van der Waals surface area contributed by atoms with Crippen LogP contribution in [0.25, 0.3) is 11.4 Å². The van der Waals surface area contributed by atoms with Gasteiger partial charge in [0.2, 0.25) is 5.95 Å². The second-order valence-corrected chi connectivity index (χ2v) is 3.88. The molecule has 6 heteroatoms. The number of ether oxygens (including phenoxy) is 1. The lowest BCUT2D eigenvalue weighted by Gasteiger charge is -2.04. The maximum Gasteiger partial charge on any atom is 0.305 e. The fourth-order valence-electron chi connectivity index (χ4n) is 1.58. The van der Waals surface area contributed by atoms with Crippen molar-refractivity contribution in [2.24, 2.45) is 0 Å². The van der Waals surface area contributed by atoms with Gasteiger partial charge in [-0.3, -0.25) is 4.79 Å². The van der Waals surface area contributed by atoms with Crippen LogP contribution in [0.3, 0.4) is 0 Å². The molecular weight excluding hydrogens is 244 g/mol. The number of hydrogen-bond donors (Lipinski definition) is 1. The second kappa shape index (κ2) is 5.90. The molecule has 0 aliphatic heterocycles. The van der Waals surface area contributed by atoms with Gasteiger partial charge in [0, 0.05) is 12.0 Å². The van der Waals surface area contributed by atoms with Crippen LogP contribution in [-0.4, -0.2) is 28.0 Å². The maximum atomic E-state index is 11.1. The van der Waals surface area contributed by atoms with E-state index in [-0.39, 0.29) is 18.3 Å². The molecule has 0 fully saturated rings. The predicted octanol–water partition coefficient (Wildman–Crippen LogP) is 1.23. The summed E-state index contributed by atoms with van der Waals surface area (Å²) in [5, 5.41) is 0. The zero-order valence-electron chi connectivity index (χ0n) is 10.5. The number of nitrogen functional groups attached to an aromatic ring is 1. The topological polar surface area (TPSA) is 91.0 Å². The number of methoxy groups -OCH3 is 1. The highest BCUT2D eigenvalue weighted by molar-refractivity contribution is 5.69. The first-order chi connectivity index (χ1) is 9.19. The van der Waals surface area contributed by atoms with Gasteiger partial charge in [-0.25, -0.2) is 4.98 Å². The highest BCUT2D eigenvalue weighted by atomic mass is 16.5. The number of aromatic nitrogens is 3. The molecule has 0 saturated carbocycles. The van der Waals surface area contributed by atoms with Crippen molar-refractivity contribution in [2.45, 2.75) is 12.8 Å². The number of nitrogens with zero attached hydrogens (tertiary/aromatic N) is 3. The summed E-state index contributed by atoms with van der Waals surface area (Å²) in [5.41, 5.74) is 6.51. The van der Waals surface area contributed by atoms with E-state index in [9.17, 15) is 4.79 Å². The Morgan fingerprint density at radius 3 is 2.63 bits per heavy atom. The summed E-state index contributed by atoms with van der Waals surface area (Å²) >= 11 is 0. The van der Waals surface area contributed by atoms with Crippen LogP contribution in [0.1, 0.15) is 12.2 Å². The Balaban J connectivity index is 2.22. The van der Waals surface area contributed by atoms with E-state index in [1.54, 1.807) is 0 Å². The van der Waals surface area contributed by atoms with Crippen molar-refractivity contribution in [2.75, 3.05) is 12.8 Å². The fourth-order valence-corrected chi connectivity index (χ4v) is 1.58. The molecule has 19 heavy (non-hydrogen) atoms. The number of esters is 1. The van der Waals surface area contributed by atoms with Gasteiger partial charge in [-0.05, 0) is 0 Å². The number of benzene rings is 1. The Hall–Kier alpha value is -2.50. The molecule has 0 aliphatic rings. The summed E-state index contributed by atoms with van der Waals surface area (Å²) in [6.07, 6.45) is 0.591. The molecule has 0 atom stereocenters. The summed E-state index contributed by atoms with van der Waals surface area (Å²) in [7, 11) is 1.35. The predicted molar refractivity (Wildman–Crippen MR) is 70.0 cm³/mol. The quantitative estimate of drug-likeness (QED) is 0.829. The van der Waals surface area contributed by atoms with Gasteiger partial charge in [0.25, 0.3) is 0 Å². The lowest BCUT2D eigenvalue weighted by atomic mass is 10.2. The van der Waals surface area contributed by atoms with E-state index >= 15 is 0 Å². The molecule has 0 amide bonds. The summed E-state index contributed by atoms with van der Waals surface area (Å²) < 4.78 is 4.58. The van der Waals surface area contributed by atoms with Crippen molar-refractivity contribution in [3.63, 3.8) is 0 Å². The molecule has 0 unspecified atom stereocenters. The number of anilines is 1. The molecule has 1 heterocycles. The fraction of sp³-hybridized carbons (Fsp3) is 0.231. The number of carbonyl (C=O) groups excluding carboxylic acids is 1. The van der Waals surface area contributed by atoms with E-state index in [2.05, 4.69) is 19.7 Å². The van der Waals surface area contributed by atoms with E-state index in [1.165, 1.54) is 7.11 Å². The molecule has 2 N–H and O–H groups in total. The standard InChI is InChI=1S/C13H14N4O2/c1-19-11(18)8-7-10-15-12(17-13(14)16-10)9-5-3-2-4-6-9/h2-6H,7-8H2,1H3,(H2,14,15,16,17). The first-order valence-electron chi connectivity index (χ1n) is 5.81. The second-order valence-electron chi connectivity index (χ2n) is 3.88. The summed E-state index contributed by atoms with van der Waals surface area (Å²) in [4.78, 5) is 23.5. The van der Waals surface area contributed by atoms with Gasteiger partial charge in [0.1, 0.15) is 5.82 Å². The Labute approximate surface area is 110 Å². The Morgan fingerprint density at radius 2 is 1.95 bits per heavy atom. The minimum Gasteiger partial charge on any atom is -0.469 e. The molecule has 0 saturated heterocycles. The zero-order chi connectivity index (χ0) is 13.7. The molecular formula is C13H14N4O2. The van der Waals surface area contributed by atoms with Gasteiger partial charge in [0.05, 0.1) is 13.5 Å². The van der Waals surface area contributed by atoms with E-state index in [1.807, 2.05) is 30.3 Å². The highest BCUT2D eigenvalue weighted by Gasteiger charge is 2.08. The smallest absolute Gasteiger partial charge is 0.305 e. The van der Waals surface area contributed by atoms with Crippen LogP contribution in [0.4, 0.5) is 5.95 Å². The molecule has 2 rings (SSSR count). The zero-order valence-corrected chi connectivity index (χ0v) is 10.5. The van der Waals surface area contributed by atoms with Crippen LogP contribution in [0, 0.1) is 0 Å². The highest BCUT2D eigenvalue weighted by Crippen LogP contribution is 2.15. The first kappa shape index (κ1) is 12.9. The van der Waals surface area contributed by atoms with Crippen LogP contribution in [-0.2, 0) is 16.0 Å². The van der Waals surface area contributed by atoms with Crippen molar-refractivity contribution < 1.29 is 9.53 Å². The molecule has 0 bridgehead atoms. The Bertz CT molecular complexity index is 572. The SMILES string of the molecule is COC(=O)CCc1nc(N)nc(-c2ccccc2)n1. The average Bonchev–Trinajstić information content (AvgIpc) is 2.45. The van der Waals surface area contributed by atoms with E-state index in [0.717, 1.165) is 5.56 Å². The van der Waals surface area contributed by atoms with E-state index in [0.29, 0.717) is 18.1 Å². The normalized spacial score (nSPS) is 10.2. The Kier molecular flexibility index (Phi) is 4.02. The molecule has 0 aliphatic carbocycles. The minimum absolute atomic E-state index is 0.147. The van der Waals surface area contributed by atoms with Crippen LogP contribution in [0.15, 0.2) is 30.3 Å². The minimum atomic E-state index is -0.305. The van der Waals surface area contributed by atoms with Crippen LogP contribution < -0.4 is 5.73 Å². The third-order valence-corrected chi connectivity index (χ3v) is 2.51. The molecule has 98 valence electrons. The summed E-state index contributed by atoms with van der Waals surface area (Å²) in [6, 6.07) is 9.47. The number of nitrogens with two attached hydrogens (primary N) is 1. The van der Waals surface area contributed by atoms with Crippen LogP contribution in [0.2, 0.25) is 0 Å².